The molecule has 0 amide bonds. The highest BCUT2D eigenvalue weighted by molar-refractivity contribution is 14.1. The summed E-state index contributed by atoms with van der Waals surface area (Å²) in [5, 5.41) is 0. The average Bonchev–Trinajstić information content (AvgIpc) is 2.43. The van der Waals surface area contributed by atoms with Gasteiger partial charge < -0.3 is 4.74 Å². The van der Waals surface area contributed by atoms with Gasteiger partial charge >= 0.3 is 5.97 Å². The van der Waals surface area contributed by atoms with Crippen molar-refractivity contribution in [2.24, 2.45) is 0 Å². The minimum absolute atomic E-state index is 0.163. The SMILES string of the molecule is C/C(=C\I)[C@H](C/C=C/I)OC(=O)[C@@H]1CCCNN1. The summed E-state index contributed by atoms with van der Waals surface area (Å²) in [6.07, 6.45) is 4.39. The zero-order valence-corrected chi connectivity index (χ0v) is 14.6. The third-order valence-corrected chi connectivity index (χ3v) is 4.22. The molecule has 0 aromatic heterocycles. The number of ether oxygens (including phenoxy) is 1. The summed E-state index contributed by atoms with van der Waals surface area (Å²) in [5.74, 6) is -0.174. The molecule has 0 radical (unpaired) electrons. The van der Waals surface area contributed by atoms with Crippen LogP contribution in [-0.4, -0.2) is 24.7 Å². The van der Waals surface area contributed by atoms with Crippen molar-refractivity contribution < 1.29 is 9.53 Å². The van der Waals surface area contributed by atoms with Crippen LogP contribution in [0.5, 0.6) is 0 Å². The normalized spacial score (nSPS) is 23.1. The Morgan fingerprint density at radius 1 is 1.56 bits per heavy atom. The first-order valence-corrected chi connectivity index (χ1v) is 8.39. The summed E-state index contributed by atoms with van der Waals surface area (Å²) in [5.41, 5.74) is 7.04. The van der Waals surface area contributed by atoms with E-state index in [1.165, 1.54) is 0 Å². The largest absolute Gasteiger partial charge is 0.456 e. The number of carbonyl (C=O) groups is 1. The van der Waals surface area contributed by atoms with E-state index in [1.54, 1.807) is 0 Å². The second-order valence-electron chi connectivity index (χ2n) is 4.14. The summed E-state index contributed by atoms with van der Waals surface area (Å²) in [6.45, 7) is 2.88. The molecule has 0 saturated carbocycles. The first-order valence-electron chi connectivity index (χ1n) is 5.90. The highest BCUT2D eigenvalue weighted by Crippen LogP contribution is 2.16. The van der Waals surface area contributed by atoms with Crippen LogP contribution >= 0.6 is 45.2 Å². The monoisotopic (exact) mass is 476 g/mol. The van der Waals surface area contributed by atoms with Crippen molar-refractivity contribution in [1.29, 1.82) is 0 Å². The molecule has 6 heteroatoms. The Labute approximate surface area is 135 Å². The van der Waals surface area contributed by atoms with Crippen molar-refractivity contribution in [3.63, 3.8) is 0 Å². The molecular formula is C12H18I2N2O2. The van der Waals surface area contributed by atoms with Gasteiger partial charge in [0.15, 0.2) is 0 Å². The summed E-state index contributed by atoms with van der Waals surface area (Å²) in [6, 6.07) is -0.230. The van der Waals surface area contributed by atoms with E-state index < -0.39 is 0 Å². The van der Waals surface area contributed by atoms with E-state index in [2.05, 4.69) is 56.0 Å². The molecule has 18 heavy (non-hydrogen) atoms. The van der Waals surface area contributed by atoms with E-state index in [4.69, 9.17) is 4.74 Å². The Hall–Kier alpha value is 0.330. The van der Waals surface area contributed by atoms with Gasteiger partial charge in [0.2, 0.25) is 0 Å². The molecule has 0 bridgehead atoms. The molecule has 0 aromatic rings. The minimum atomic E-state index is -0.230. The quantitative estimate of drug-likeness (QED) is 0.474. The summed E-state index contributed by atoms with van der Waals surface area (Å²) < 4.78 is 9.48. The van der Waals surface area contributed by atoms with E-state index in [0.717, 1.165) is 31.4 Å². The van der Waals surface area contributed by atoms with E-state index in [9.17, 15) is 4.79 Å². The second-order valence-corrected chi connectivity index (χ2v) is 5.48. The van der Waals surface area contributed by atoms with Crippen LogP contribution in [0.25, 0.3) is 0 Å². The first-order chi connectivity index (χ1) is 8.69. The number of hydrogen-bond donors (Lipinski definition) is 2. The molecule has 1 heterocycles. The van der Waals surface area contributed by atoms with Gasteiger partial charge in [-0.2, -0.15) is 0 Å². The lowest BCUT2D eigenvalue weighted by Crippen LogP contribution is -2.51. The molecule has 1 aliphatic rings. The van der Waals surface area contributed by atoms with Crippen molar-refractivity contribution in [3.05, 3.63) is 19.8 Å². The number of carbonyl (C=O) groups excluding carboxylic acids is 1. The van der Waals surface area contributed by atoms with Crippen molar-refractivity contribution in [3.8, 4) is 0 Å². The van der Waals surface area contributed by atoms with Gasteiger partial charge in [-0.15, -0.1) is 0 Å². The Morgan fingerprint density at radius 3 is 2.89 bits per heavy atom. The predicted molar refractivity (Wildman–Crippen MR) is 89.6 cm³/mol. The lowest BCUT2D eigenvalue weighted by Gasteiger charge is -2.25. The van der Waals surface area contributed by atoms with Crippen molar-refractivity contribution >= 4 is 51.2 Å². The fourth-order valence-electron chi connectivity index (χ4n) is 1.63. The highest BCUT2D eigenvalue weighted by Gasteiger charge is 2.25. The minimum Gasteiger partial charge on any atom is -0.456 e. The number of esters is 1. The van der Waals surface area contributed by atoms with Gasteiger partial charge in [0.25, 0.3) is 0 Å². The second kappa shape index (κ2) is 9.27. The molecule has 1 fully saturated rings. The summed E-state index contributed by atoms with van der Waals surface area (Å²) in [4.78, 5) is 12.0. The highest BCUT2D eigenvalue weighted by atomic mass is 127. The van der Waals surface area contributed by atoms with Gasteiger partial charge in [-0.3, -0.25) is 10.2 Å². The molecule has 0 spiro atoms. The Balaban J connectivity index is 2.55. The van der Waals surface area contributed by atoms with Gasteiger partial charge in [-0.1, -0.05) is 51.3 Å². The molecule has 1 rings (SSSR count). The van der Waals surface area contributed by atoms with Gasteiger partial charge in [0.05, 0.1) is 0 Å². The number of nitrogens with one attached hydrogen (secondary N) is 2. The van der Waals surface area contributed by atoms with Crippen LogP contribution < -0.4 is 10.9 Å². The van der Waals surface area contributed by atoms with Crippen LogP contribution in [0.2, 0.25) is 0 Å². The van der Waals surface area contributed by atoms with Crippen LogP contribution in [0.4, 0.5) is 0 Å². The van der Waals surface area contributed by atoms with Gasteiger partial charge in [0, 0.05) is 13.0 Å². The predicted octanol–water partition coefficient (Wildman–Crippen LogP) is 2.83. The van der Waals surface area contributed by atoms with Gasteiger partial charge in [-0.25, -0.2) is 5.43 Å². The molecule has 2 atom stereocenters. The third-order valence-electron chi connectivity index (χ3n) is 2.73. The Morgan fingerprint density at radius 2 is 2.33 bits per heavy atom. The van der Waals surface area contributed by atoms with Gasteiger partial charge in [-0.05, 0) is 33.5 Å². The number of hydrazine groups is 1. The number of hydrogen-bond acceptors (Lipinski definition) is 4. The van der Waals surface area contributed by atoms with Crippen LogP contribution in [-0.2, 0) is 9.53 Å². The van der Waals surface area contributed by atoms with Crippen molar-refractivity contribution in [2.75, 3.05) is 6.54 Å². The molecule has 0 aliphatic carbocycles. The lowest BCUT2D eigenvalue weighted by atomic mass is 10.1. The Bertz CT molecular complexity index is 326. The van der Waals surface area contributed by atoms with Crippen LogP contribution in [0.3, 0.4) is 0 Å². The van der Waals surface area contributed by atoms with Crippen LogP contribution in [0.15, 0.2) is 19.8 Å². The standard InChI is InChI=1S/C12H18I2N2O2/c1-9(8-14)11(5-2-6-13)18-12(17)10-4-3-7-15-16-10/h2,6,8,10-11,15-16H,3-5,7H2,1H3/b6-2+,9-8+/t10-,11-/m0/s1. The molecule has 4 nitrogen and oxygen atoms in total. The smallest absolute Gasteiger partial charge is 0.325 e. The molecule has 102 valence electrons. The van der Waals surface area contributed by atoms with Gasteiger partial charge in [0.1, 0.15) is 12.1 Å². The molecular weight excluding hydrogens is 458 g/mol. The zero-order chi connectivity index (χ0) is 13.4. The zero-order valence-electron chi connectivity index (χ0n) is 10.3. The maximum atomic E-state index is 12.0. The average molecular weight is 476 g/mol. The molecule has 0 unspecified atom stereocenters. The van der Waals surface area contributed by atoms with E-state index >= 15 is 0 Å². The summed E-state index contributed by atoms with van der Waals surface area (Å²) in [7, 11) is 0. The fraction of sp³-hybridized carbons (Fsp3) is 0.583. The van der Waals surface area contributed by atoms with Crippen LogP contribution in [0, 0.1) is 0 Å². The third kappa shape index (κ3) is 5.54. The Kier molecular flexibility index (Phi) is 8.44. The number of halogens is 2. The van der Waals surface area contributed by atoms with E-state index in [-0.39, 0.29) is 18.1 Å². The van der Waals surface area contributed by atoms with Crippen LogP contribution in [0.1, 0.15) is 26.2 Å². The van der Waals surface area contributed by atoms with E-state index in [0.29, 0.717) is 0 Å². The summed E-state index contributed by atoms with van der Waals surface area (Å²) >= 11 is 4.34. The molecule has 1 aliphatic heterocycles. The molecule has 0 aromatic carbocycles. The molecule has 1 saturated heterocycles. The number of rotatable bonds is 5. The lowest BCUT2D eigenvalue weighted by molar-refractivity contribution is -0.150. The molecule has 2 N–H and O–H groups in total. The van der Waals surface area contributed by atoms with Crippen molar-refractivity contribution in [1.82, 2.24) is 10.9 Å². The van der Waals surface area contributed by atoms with E-state index in [1.807, 2.05) is 21.2 Å². The maximum Gasteiger partial charge on any atom is 0.325 e. The fourth-order valence-corrected chi connectivity index (χ4v) is 2.33. The topological polar surface area (TPSA) is 50.4 Å². The first kappa shape index (κ1) is 16.4. The van der Waals surface area contributed by atoms with Crippen molar-refractivity contribution in [2.45, 2.75) is 38.3 Å². The maximum absolute atomic E-state index is 12.0.